The molecule has 1 aliphatic heterocycles. The van der Waals surface area contributed by atoms with Crippen molar-refractivity contribution in [1.82, 2.24) is 10.6 Å². The zero-order chi connectivity index (χ0) is 16.1. The van der Waals surface area contributed by atoms with Crippen LogP contribution in [-0.4, -0.2) is 48.3 Å². The summed E-state index contributed by atoms with van der Waals surface area (Å²) in [5, 5.41) is 15.3. The van der Waals surface area contributed by atoms with Gasteiger partial charge >= 0.3 is 5.97 Å². The molecule has 0 unspecified atom stereocenters. The fraction of sp³-hybridized carbons (Fsp3) is 0.867. The Morgan fingerprint density at radius 3 is 2.33 bits per heavy atom. The van der Waals surface area contributed by atoms with E-state index in [2.05, 4.69) is 10.6 Å². The predicted molar refractivity (Wildman–Crippen MR) is 80.1 cm³/mol. The molecule has 0 radical (unpaired) electrons. The third kappa shape index (κ3) is 4.97. The highest BCUT2D eigenvalue weighted by molar-refractivity contribution is 5.80. The van der Waals surface area contributed by atoms with Gasteiger partial charge in [-0.25, -0.2) is 0 Å². The molecule has 6 heteroatoms. The Hall–Kier alpha value is -1.14. The van der Waals surface area contributed by atoms with Gasteiger partial charge in [-0.2, -0.15) is 0 Å². The van der Waals surface area contributed by atoms with E-state index in [0.29, 0.717) is 6.61 Å². The van der Waals surface area contributed by atoms with E-state index >= 15 is 0 Å². The minimum Gasteiger partial charge on any atom is -0.481 e. The number of piperidine rings is 1. The highest BCUT2D eigenvalue weighted by Crippen LogP contribution is 2.30. The van der Waals surface area contributed by atoms with Gasteiger partial charge < -0.3 is 20.5 Å². The molecule has 1 aliphatic rings. The van der Waals surface area contributed by atoms with Crippen LogP contribution in [0.1, 0.15) is 47.0 Å². The average molecular weight is 300 g/mol. The second-order valence-electron chi connectivity index (χ2n) is 6.67. The first kappa shape index (κ1) is 17.9. The van der Waals surface area contributed by atoms with Crippen molar-refractivity contribution in [2.75, 3.05) is 19.7 Å². The Balaban J connectivity index is 2.37. The molecule has 0 saturated carbocycles. The van der Waals surface area contributed by atoms with Crippen molar-refractivity contribution in [2.45, 2.75) is 58.6 Å². The van der Waals surface area contributed by atoms with E-state index < -0.39 is 16.9 Å². The first-order chi connectivity index (χ1) is 9.67. The van der Waals surface area contributed by atoms with Gasteiger partial charge in [-0.1, -0.05) is 0 Å². The smallest absolute Gasteiger partial charge is 0.311 e. The van der Waals surface area contributed by atoms with Crippen molar-refractivity contribution >= 4 is 11.9 Å². The summed E-state index contributed by atoms with van der Waals surface area (Å²) in [5.41, 5.74) is -1.87. The van der Waals surface area contributed by atoms with Crippen LogP contribution < -0.4 is 10.6 Å². The summed E-state index contributed by atoms with van der Waals surface area (Å²) in [5.74, 6) is -1.11. The molecule has 1 heterocycles. The van der Waals surface area contributed by atoms with Gasteiger partial charge in [-0.15, -0.1) is 0 Å². The van der Waals surface area contributed by atoms with E-state index in [1.54, 1.807) is 27.7 Å². The number of carbonyl (C=O) groups excluding carboxylic acids is 1. The van der Waals surface area contributed by atoms with Crippen LogP contribution in [0.25, 0.3) is 0 Å². The van der Waals surface area contributed by atoms with Crippen LogP contribution in [0.15, 0.2) is 0 Å². The molecule has 0 spiro atoms. The van der Waals surface area contributed by atoms with Gasteiger partial charge in [0, 0.05) is 12.0 Å². The van der Waals surface area contributed by atoms with Gasteiger partial charge in [0.05, 0.1) is 18.1 Å². The lowest BCUT2D eigenvalue weighted by molar-refractivity contribution is -0.151. The number of hydrogen-bond donors (Lipinski definition) is 3. The second-order valence-corrected chi connectivity index (χ2v) is 6.67. The third-order valence-corrected chi connectivity index (χ3v) is 4.52. The summed E-state index contributed by atoms with van der Waals surface area (Å²) >= 11 is 0. The molecule has 0 aromatic rings. The van der Waals surface area contributed by atoms with E-state index in [4.69, 9.17) is 4.74 Å². The second kappa shape index (κ2) is 7.22. The maximum atomic E-state index is 12.0. The molecule has 1 saturated heterocycles. The molecule has 0 aromatic heterocycles. The minimum atomic E-state index is -1.04. The highest BCUT2D eigenvalue weighted by Gasteiger charge is 2.44. The summed E-state index contributed by atoms with van der Waals surface area (Å²) in [4.78, 5) is 23.3. The third-order valence-electron chi connectivity index (χ3n) is 4.52. The SMILES string of the molecule is CC(C)(NC(=O)CCOC1CCNCC1)C(C)(C)C(=O)O. The maximum absolute atomic E-state index is 12.0. The van der Waals surface area contributed by atoms with Crippen molar-refractivity contribution in [1.29, 1.82) is 0 Å². The van der Waals surface area contributed by atoms with E-state index in [0.717, 1.165) is 25.9 Å². The number of rotatable bonds is 7. The molecule has 3 N–H and O–H groups in total. The molecular formula is C15H28N2O4. The molecule has 21 heavy (non-hydrogen) atoms. The minimum absolute atomic E-state index is 0.178. The van der Waals surface area contributed by atoms with Gasteiger partial charge in [0.1, 0.15) is 0 Å². The molecular weight excluding hydrogens is 272 g/mol. The quantitative estimate of drug-likeness (QED) is 0.656. The van der Waals surface area contributed by atoms with Gasteiger partial charge in [0.2, 0.25) is 5.91 Å². The molecule has 1 rings (SSSR count). The zero-order valence-electron chi connectivity index (χ0n) is 13.5. The van der Waals surface area contributed by atoms with Gasteiger partial charge in [0.15, 0.2) is 0 Å². The lowest BCUT2D eigenvalue weighted by atomic mass is 9.74. The van der Waals surface area contributed by atoms with E-state index in [1.807, 2.05) is 0 Å². The van der Waals surface area contributed by atoms with Gasteiger partial charge in [0.25, 0.3) is 0 Å². The van der Waals surface area contributed by atoms with Crippen molar-refractivity contribution in [2.24, 2.45) is 5.41 Å². The van der Waals surface area contributed by atoms with E-state index in [9.17, 15) is 14.7 Å². The number of aliphatic carboxylic acids is 1. The summed E-state index contributed by atoms with van der Waals surface area (Å²) < 4.78 is 5.68. The number of ether oxygens (including phenoxy) is 1. The van der Waals surface area contributed by atoms with Crippen LogP contribution in [0.2, 0.25) is 0 Å². The number of nitrogens with one attached hydrogen (secondary N) is 2. The Morgan fingerprint density at radius 2 is 1.81 bits per heavy atom. The number of hydrogen-bond acceptors (Lipinski definition) is 4. The number of carbonyl (C=O) groups is 2. The lowest BCUT2D eigenvalue weighted by Gasteiger charge is -2.38. The molecule has 0 aromatic carbocycles. The monoisotopic (exact) mass is 300 g/mol. The van der Waals surface area contributed by atoms with E-state index in [1.165, 1.54) is 0 Å². The molecule has 1 fully saturated rings. The van der Waals surface area contributed by atoms with Crippen LogP contribution in [0, 0.1) is 5.41 Å². The van der Waals surface area contributed by atoms with Crippen LogP contribution in [-0.2, 0) is 14.3 Å². The number of amides is 1. The molecule has 1 amide bonds. The van der Waals surface area contributed by atoms with Crippen LogP contribution in [0.3, 0.4) is 0 Å². The fourth-order valence-electron chi connectivity index (χ4n) is 2.12. The Morgan fingerprint density at radius 1 is 1.24 bits per heavy atom. The molecule has 0 atom stereocenters. The molecule has 6 nitrogen and oxygen atoms in total. The summed E-state index contributed by atoms with van der Waals surface area (Å²) in [6.07, 6.45) is 2.42. The predicted octanol–water partition coefficient (Wildman–Crippen LogP) is 1.15. The number of carboxylic acid groups (broad SMARTS) is 1. The van der Waals surface area contributed by atoms with Gasteiger partial charge in [-0.05, 0) is 53.6 Å². The Labute approximate surface area is 126 Å². The number of carboxylic acids is 1. The van der Waals surface area contributed by atoms with Crippen LogP contribution in [0.4, 0.5) is 0 Å². The topological polar surface area (TPSA) is 87.7 Å². The molecule has 0 bridgehead atoms. The van der Waals surface area contributed by atoms with Crippen molar-refractivity contribution in [3.63, 3.8) is 0 Å². The molecule has 122 valence electrons. The normalized spacial score (nSPS) is 17.5. The first-order valence-electron chi connectivity index (χ1n) is 7.53. The lowest BCUT2D eigenvalue weighted by Crippen LogP contribution is -2.57. The molecule has 0 aliphatic carbocycles. The average Bonchev–Trinajstić information content (AvgIpc) is 2.38. The summed E-state index contributed by atoms with van der Waals surface area (Å²) in [6, 6.07) is 0. The largest absolute Gasteiger partial charge is 0.481 e. The zero-order valence-corrected chi connectivity index (χ0v) is 13.5. The summed E-state index contributed by atoms with van der Waals surface area (Å²) in [7, 11) is 0. The van der Waals surface area contributed by atoms with E-state index in [-0.39, 0.29) is 18.4 Å². The van der Waals surface area contributed by atoms with Gasteiger partial charge in [-0.3, -0.25) is 9.59 Å². The van der Waals surface area contributed by atoms with Crippen molar-refractivity contribution in [3.8, 4) is 0 Å². The first-order valence-corrected chi connectivity index (χ1v) is 7.53. The van der Waals surface area contributed by atoms with Crippen molar-refractivity contribution in [3.05, 3.63) is 0 Å². The standard InChI is InChI=1S/C15H28N2O4/c1-14(2,13(19)20)15(3,4)17-12(18)7-10-21-11-5-8-16-9-6-11/h11,16H,5-10H2,1-4H3,(H,17,18)(H,19,20). The highest BCUT2D eigenvalue weighted by atomic mass is 16.5. The Kier molecular flexibility index (Phi) is 6.16. The fourth-order valence-corrected chi connectivity index (χ4v) is 2.12. The maximum Gasteiger partial charge on any atom is 0.311 e. The van der Waals surface area contributed by atoms with Crippen LogP contribution >= 0.6 is 0 Å². The van der Waals surface area contributed by atoms with Crippen LogP contribution in [0.5, 0.6) is 0 Å². The Bertz CT molecular complexity index is 374. The summed E-state index contributed by atoms with van der Waals surface area (Å²) in [6.45, 7) is 8.97. The van der Waals surface area contributed by atoms with Crippen molar-refractivity contribution < 1.29 is 19.4 Å².